The standard InChI is InChI=1S/C19H24N2O4S/c1-3-13-20-26(23,24)16-11-9-15(10-12-16)21-19(22)17-7-5-6-8-18(17)25-14-4-2/h5-12,20H,3-4,13-14H2,1-2H3,(H,21,22). The summed E-state index contributed by atoms with van der Waals surface area (Å²) in [4.78, 5) is 12.7. The van der Waals surface area contributed by atoms with Crippen molar-refractivity contribution in [2.45, 2.75) is 31.6 Å². The maximum atomic E-state index is 12.5. The van der Waals surface area contributed by atoms with Crippen molar-refractivity contribution in [2.24, 2.45) is 0 Å². The molecular formula is C19H24N2O4S. The number of rotatable bonds is 9. The van der Waals surface area contributed by atoms with E-state index in [-0.39, 0.29) is 10.8 Å². The van der Waals surface area contributed by atoms with Crippen LogP contribution in [0.5, 0.6) is 5.75 Å². The zero-order valence-electron chi connectivity index (χ0n) is 15.0. The van der Waals surface area contributed by atoms with Crippen LogP contribution in [0.4, 0.5) is 5.69 Å². The van der Waals surface area contributed by atoms with Crippen LogP contribution in [-0.4, -0.2) is 27.5 Å². The van der Waals surface area contributed by atoms with Gasteiger partial charge in [0.25, 0.3) is 5.91 Å². The van der Waals surface area contributed by atoms with E-state index >= 15 is 0 Å². The molecule has 0 saturated heterocycles. The second-order valence-corrected chi connectivity index (χ2v) is 7.49. The lowest BCUT2D eigenvalue weighted by Crippen LogP contribution is -2.24. The van der Waals surface area contributed by atoms with Gasteiger partial charge in [-0.1, -0.05) is 26.0 Å². The Kier molecular flexibility index (Phi) is 7.17. The van der Waals surface area contributed by atoms with Gasteiger partial charge in [0.2, 0.25) is 10.0 Å². The lowest BCUT2D eigenvalue weighted by Gasteiger charge is -2.11. The van der Waals surface area contributed by atoms with Crippen LogP contribution in [0.15, 0.2) is 53.4 Å². The Hall–Kier alpha value is -2.38. The summed E-state index contributed by atoms with van der Waals surface area (Å²) in [5.41, 5.74) is 0.942. The number of anilines is 1. The first-order chi connectivity index (χ1) is 12.5. The summed E-state index contributed by atoms with van der Waals surface area (Å²) < 4.78 is 32.3. The molecule has 0 saturated carbocycles. The van der Waals surface area contributed by atoms with E-state index in [0.717, 1.165) is 6.42 Å². The van der Waals surface area contributed by atoms with Crippen molar-refractivity contribution in [1.29, 1.82) is 0 Å². The monoisotopic (exact) mass is 376 g/mol. The van der Waals surface area contributed by atoms with E-state index in [9.17, 15) is 13.2 Å². The van der Waals surface area contributed by atoms with E-state index in [4.69, 9.17) is 4.74 Å². The van der Waals surface area contributed by atoms with Crippen LogP contribution in [0.3, 0.4) is 0 Å². The van der Waals surface area contributed by atoms with Gasteiger partial charge in [-0.25, -0.2) is 13.1 Å². The van der Waals surface area contributed by atoms with Crippen molar-refractivity contribution in [3.8, 4) is 5.75 Å². The molecule has 0 aliphatic heterocycles. The molecule has 0 aliphatic carbocycles. The van der Waals surface area contributed by atoms with Crippen LogP contribution < -0.4 is 14.8 Å². The normalized spacial score (nSPS) is 11.2. The molecule has 2 aromatic carbocycles. The number of para-hydroxylation sites is 1. The fraction of sp³-hybridized carbons (Fsp3) is 0.316. The van der Waals surface area contributed by atoms with E-state index in [0.29, 0.717) is 36.6 Å². The molecule has 0 heterocycles. The maximum Gasteiger partial charge on any atom is 0.259 e. The molecule has 26 heavy (non-hydrogen) atoms. The van der Waals surface area contributed by atoms with Crippen molar-refractivity contribution in [3.63, 3.8) is 0 Å². The molecule has 140 valence electrons. The molecule has 6 nitrogen and oxygen atoms in total. The summed E-state index contributed by atoms with van der Waals surface area (Å²) in [6, 6.07) is 13.1. The van der Waals surface area contributed by atoms with Gasteiger partial charge in [-0.05, 0) is 49.2 Å². The Labute approximate surface area is 154 Å². The van der Waals surface area contributed by atoms with Gasteiger partial charge in [-0.2, -0.15) is 0 Å². The minimum Gasteiger partial charge on any atom is -0.493 e. The number of sulfonamides is 1. The summed E-state index contributed by atoms with van der Waals surface area (Å²) in [5, 5.41) is 2.76. The Morgan fingerprint density at radius 2 is 1.69 bits per heavy atom. The van der Waals surface area contributed by atoms with Gasteiger partial charge in [0.1, 0.15) is 5.75 Å². The first kappa shape index (κ1) is 19.9. The van der Waals surface area contributed by atoms with Gasteiger partial charge >= 0.3 is 0 Å². The van der Waals surface area contributed by atoms with Gasteiger partial charge < -0.3 is 10.1 Å². The predicted octanol–water partition coefficient (Wildman–Crippen LogP) is 3.42. The Bertz CT molecular complexity index is 833. The van der Waals surface area contributed by atoms with Crippen molar-refractivity contribution in [2.75, 3.05) is 18.5 Å². The third kappa shape index (κ3) is 5.31. The first-order valence-electron chi connectivity index (χ1n) is 8.60. The van der Waals surface area contributed by atoms with Crippen molar-refractivity contribution < 1.29 is 17.9 Å². The van der Waals surface area contributed by atoms with Crippen LogP contribution in [-0.2, 0) is 10.0 Å². The SMILES string of the molecule is CCCNS(=O)(=O)c1ccc(NC(=O)c2ccccc2OCCC)cc1. The molecule has 7 heteroatoms. The molecular weight excluding hydrogens is 352 g/mol. The summed E-state index contributed by atoms with van der Waals surface area (Å²) in [6.45, 7) is 4.80. The number of hydrogen-bond donors (Lipinski definition) is 2. The van der Waals surface area contributed by atoms with Gasteiger partial charge in [0.05, 0.1) is 17.1 Å². The lowest BCUT2D eigenvalue weighted by molar-refractivity contribution is 0.102. The van der Waals surface area contributed by atoms with Crippen molar-refractivity contribution in [3.05, 3.63) is 54.1 Å². The minimum absolute atomic E-state index is 0.163. The number of ether oxygens (including phenoxy) is 1. The summed E-state index contributed by atoms with van der Waals surface area (Å²) >= 11 is 0. The van der Waals surface area contributed by atoms with Crippen LogP contribution in [0.25, 0.3) is 0 Å². The molecule has 0 fully saturated rings. The molecule has 0 aromatic heterocycles. The second kappa shape index (κ2) is 9.35. The van der Waals surface area contributed by atoms with Crippen LogP contribution in [0.2, 0.25) is 0 Å². The first-order valence-corrected chi connectivity index (χ1v) is 10.1. The molecule has 0 aliphatic rings. The van der Waals surface area contributed by atoms with Gasteiger partial charge in [-0.15, -0.1) is 0 Å². The van der Waals surface area contributed by atoms with E-state index in [2.05, 4.69) is 10.0 Å². The molecule has 2 N–H and O–H groups in total. The molecule has 0 unspecified atom stereocenters. The molecule has 2 rings (SSSR count). The van der Waals surface area contributed by atoms with Gasteiger partial charge in [0.15, 0.2) is 0 Å². The zero-order valence-corrected chi connectivity index (χ0v) is 15.8. The summed E-state index contributed by atoms with van der Waals surface area (Å²) in [5.74, 6) is 0.214. The molecule has 2 aromatic rings. The molecule has 0 spiro atoms. The smallest absolute Gasteiger partial charge is 0.259 e. The largest absolute Gasteiger partial charge is 0.493 e. The highest BCUT2D eigenvalue weighted by atomic mass is 32.2. The van der Waals surface area contributed by atoms with Gasteiger partial charge in [0, 0.05) is 12.2 Å². The quantitative estimate of drug-likeness (QED) is 0.702. The maximum absolute atomic E-state index is 12.5. The zero-order chi connectivity index (χ0) is 19.0. The summed E-state index contributed by atoms with van der Waals surface area (Å²) in [7, 11) is -3.52. The predicted molar refractivity (Wildman–Crippen MR) is 102 cm³/mol. The van der Waals surface area contributed by atoms with E-state index < -0.39 is 10.0 Å². The average Bonchev–Trinajstić information content (AvgIpc) is 2.65. The van der Waals surface area contributed by atoms with E-state index in [1.807, 2.05) is 19.9 Å². The summed E-state index contributed by atoms with van der Waals surface area (Å²) in [6.07, 6.45) is 1.56. The third-order valence-corrected chi connectivity index (χ3v) is 5.03. The molecule has 0 atom stereocenters. The highest BCUT2D eigenvalue weighted by molar-refractivity contribution is 7.89. The third-order valence-electron chi connectivity index (χ3n) is 3.56. The topological polar surface area (TPSA) is 84.5 Å². The van der Waals surface area contributed by atoms with Crippen LogP contribution in [0.1, 0.15) is 37.0 Å². The number of amides is 1. The number of nitrogens with one attached hydrogen (secondary N) is 2. The van der Waals surface area contributed by atoms with E-state index in [1.165, 1.54) is 12.1 Å². The lowest BCUT2D eigenvalue weighted by atomic mass is 10.2. The Balaban J connectivity index is 2.11. The van der Waals surface area contributed by atoms with Crippen LogP contribution in [0, 0.1) is 0 Å². The molecule has 0 bridgehead atoms. The fourth-order valence-corrected chi connectivity index (χ4v) is 3.36. The minimum atomic E-state index is -3.52. The number of benzene rings is 2. The molecule has 0 radical (unpaired) electrons. The van der Waals surface area contributed by atoms with Crippen molar-refractivity contribution >= 4 is 21.6 Å². The Morgan fingerprint density at radius 3 is 2.35 bits per heavy atom. The number of carbonyl (C=O) groups is 1. The Morgan fingerprint density at radius 1 is 1.00 bits per heavy atom. The number of carbonyl (C=O) groups excluding carboxylic acids is 1. The van der Waals surface area contributed by atoms with Crippen molar-refractivity contribution in [1.82, 2.24) is 4.72 Å². The average molecular weight is 376 g/mol. The van der Waals surface area contributed by atoms with Crippen LogP contribution >= 0.6 is 0 Å². The highest BCUT2D eigenvalue weighted by Crippen LogP contribution is 2.21. The highest BCUT2D eigenvalue weighted by Gasteiger charge is 2.15. The van der Waals surface area contributed by atoms with Gasteiger partial charge in [-0.3, -0.25) is 4.79 Å². The molecule has 1 amide bonds. The van der Waals surface area contributed by atoms with E-state index in [1.54, 1.807) is 30.3 Å². The fourth-order valence-electron chi connectivity index (χ4n) is 2.23. The second-order valence-electron chi connectivity index (χ2n) is 5.72. The number of hydrogen-bond acceptors (Lipinski definition) is 4.